The van der Waals surface area contributed by atoms with Crippen molar-refractivity contribution in [3.8, 4) is 0 Å². The minimum atomic E-state index is -1.14. The molecule has 1 amide bonds. The molecule has 1 aliphatic carbocycles. The van der Waals surface area contributed by atoms with Crippen molar-refractivity contribution >= 4 is 17.6 Å². The van der Waals surface area contributed by atoms with Crippen LogP contribution in [0.2, 0.25) is 0 Å². The van der Waals surface area contributed by atoms with E-state index in [9.17, 15) is 18.8 Å². The maximum absolute atomic E-state index is 13.9. The van der Waals surface area contributed by atoms with Crippen molar-refractivity contribution in [2.45, 2.75) is 38.5 Å². The van der Waals surface area contributed by atoms with E-state index in [-0.39, 0.29) is 16.8 Å². The highest BCUT2D eigenvalue weighted by atomic mass is 19.1. The number of rotatable bonds is 4. The molecule has 136 valence electrons. The van der Waals surface area contributed by atoms with Gasteiger partial charge in [0.05, 0.1) is 6.42 Å². The number of carbonyl (C=O) groups excluding carboxylic acids is 1. The number of halogens is 1. The zero-order valence-corrected chi connectivity index (χ0v) is 14.1. The van der Waals surface area contributed by atoms with E-state index in [0.29, 0.717) is 0 Å². The standard InChI is InChI=1S/C19H19FN2O4/c20-15-10-13(7-6-11(15)9-17(23)24)21-18(25)14-8-12-4-2-1-3-5-16(12)22-19(14)26/h6-8,10H,1-5,9H2,(H,21,25)(H,22,26)(H,23,24). The van der Waals surface area contributed by atoms with Crippen LogP contribution in [0.5, 0.6) is 0 Å². The lowest BCUT2D eigenvalue weighted by atomic mass is 10.1. The molecule has 1 aromatic carbocycles. The van der Waals surface area contributed by atoms with Crippen LogP contribution in [0.25, 0.3) is 0 Å². The number of hydrogen-bond donors (Lipinski definition) is 3. The maximum Gasteiger partial charge on any atom is 0.307 e. The summed E-state index contributed by atoms with van der Waals surface area (Å²) in [6.07, 6.45) is 4.27. The molecule has 1 heterocycles. The van der Waals surface area contributed by atoms with Gasteiger partial charge >= 0.3 is 5.97 Å². The average Bonchev–Trinajstić information content (AvgIpc) is 2.81. The lowest BCUT2D eigenvalue weighted by molar-refractivity contribution is -0.136. The Hall–Kier alpha value is -2.96. The highest BCUT2D eigenvalue weighted by Crippen LogP contribution is 2.19. The molecule has 7 heteroatoms. The fourth-order valence-electron chi connectivity index (χ4n) is 3.15. The van der Waals surface area contributed by atoms with Crippen LogP contribution in [0.15, 0.2) is 29.1 Å². The smallest absolute Gasteiger partial charge is 0.307 e. The maximum atomic E-state index is 13.9. The zero-order chi connectivity index (χ0) is 18.7. The molecule has 0 saturated heterocycles. The number of amides is 1. The predicted octanol–water partition coefficient (Wildman–Crippen LogP) is 2.66. The molecule has 3 N–H and O–H groups in total. The number of pyridine rings is 1. The van der Waals surface area contributed by atoms with Crippen molar-refractivity contribution in [1.82, 2.24) is 4.98 Å². The van der Waals surface area contributed by atoms with E-state index in [1.807, 2.05) is 0 Å². The second-order valence-corrected chi connectivity index (χ2v) is 6.41. The van der Waals surface area contributed by atoms with Crippen LogP contribution in [0, 0.1) is 5.82 Å². The molecule has 1 aromatic heterocycles. The molecule has 0 unspecified atom stereocenters. The topological polar surface area (TPSA) is 99.3 Å². The predicted molar refractivity (Wildman–Crippen MR) is 94.0 cm³/mol. The summed E-state index contributed by atoms with van der Waals surface area (Å²) < 4.78 is 13.9. The number of benzene rings is 1. The number of carboxylic acid groups (broad SMARTS) is 1. The van der Waals surface area contributed by atoms with Gasteiger partial charge in [-0.05, 0) is 55.0 Å². The highest BCUT2D eigenvalue weighted by Gasteiger charge is 2.17. The van der Waals surface area contributed by atoms with Gasteiger partial charge < -0.3 is 15.4 Å². The third kappa shape index (κ3) is 3.99. The normalized spacial score (nSPS) is 13.6. The minimum Gasteiger partial charge on any atom is -0.481 e. The van der Waals surface area contributed by atoms with E-state index in [4.69, 9.17) is 5.11 Å². The van der Waals surface area contributed by atoms with Gasteiger partial charge in [0, 0.05) is 11.4 Å². The first-order valence-electron chi connectivity index (χ1n) is 8.50. The van der Waals surface area contributed by atoms with E-state index in [1.165, 1.54) is 12.1 Å². The zero-order valence-electron chi connectivity index (χ0n) is 14.1. The lowest BCUT2D eigenvalue weighted by Crippen LogP contribution is -2.25. The first-order chi connectivity index (χ1) is 12.4. The van der Waals surface area contributed by atoms with E-state index in [2.05, 4.69) is 10.3 Å². The molecule has 3 rings (SSSR count). The molecule has 0 radical (unpaired) electrons. The number of aliphatic carboxylic acids is 1. The Labute approximate surface area is 149 Å². The third-order valence-electron chi connectivity index (χ3n) is 4.49. The summed E-state index contributed by atoms with van der Waals surface area (Å²) in [6.45, 7) is 0. The highest BCUT2D eigenvalue weighted by molar-refractivity contribution is 6.04. The van der Waals surface area contributed by atoms with Crippen molar-refractivity contribution in [1.29, 1.82) is 0 Å². The summed E-state index contributed by atoms with van der Waals surface area (Å²) in [5, 5.41) is 11.2. The van der Waals surface area contributed by atoms with Crippen LogP contribution in [0.1, 0.15) is 46.4 Å². The number of aromatic amines is 1. The summed E-state index contributed by atoms with van der Waals surface area (Å²) in [5.41, 5.74) is 1.56. The van der Waals surface area contributed by atoms with Gasteiger partial charge in [-0.15, -0.1) is 0 Å². The quantitative estimate of drug-likeness (QED) is 0.732. The molecule has 1 aliphatic rings. The first kappa shape index (κ1) is 17.8. The second-order valence-electron chi connectivity index (χ2n) is 6.41. The number of anilines is 1. The minimum absolute atomic E-state index is 0.0133. The summed E-state index contributed by atoms with van der Waals surface area (Å²) >= 11 is 0. The summed E-state index contributed by atoms with van der Waals surface area (Å²) in [5.74, 6) is -2.48. The molecule has 2 aromatic rings. The fraction of sp³-hybridized carbons (Fsp3) is 0.316. The Morgan fingerprint density at radius 1 is 1.15 bits per heavy atom. The van der Waals surface area contributed by atoms with Crippen LogP contribution in [-0.4, -0.2) is 22.0 Å². The summed E-state index contributed by atoms with van der Waals surface area (Å²) in [6, 6.07) is 5.38. The van der Waals surface area contributed by atoms with Gasteiger partial charge in [-0.2, -0.15) is 0 Å². The van der Waals surface area contributed by atoms with Crippen molar-refractivity contribution in [2.75, 3.05) is 5.32 Å². The Bertz CT molecular complexity index is 920. The summed E-state index contributed by atoms with van der Waals surface area (Å²) in [7, 11) is 0. The van der Waals surface area contributed by atoms with Crippen LogP contribution in [-0.2, 0) is 24.1 Å². The van der Waals surface area contributed by atoms with Crippen molar-refractivity contribution in [3.63, 3.8) is 0 Å². The van der Waals surface area contributed by atoms with Gasteiger partial charge in [-0.3, -0.25) is 14.4 Å². The molecule has 26 heavy (non-hydrogen) atoms. The number of carbonyl (C=O) groups is 2. The van der Waals surface area contributed by atoms with Crippen LogP contribution in [0.4, 0.5) is 10.1 Å². The van der Waals surface area contributed by atoms with Crippen LogP contribution in [0.3, 0.4) is 0 Å². The third-order valence-corrected chi connectivity index (χ3v) is 4.49. The fourth-order valence-corrected chi connectivity index (χ4v) is 3.15. The molecule has 0 bridgehead atoms. The van der Waals surface area contributed by atoms with Crippen molar-refractivity contribution in [3.05, 3.63) is 62.8 Å². The average molecular weight is 358 g/mol. The monoisotopic (exact) mass is 358 g/mol. The van der Waals surface area contributed by atoms with Crippen molar-refractivity contribution < 1.29 is 19.1 Å². The number of fused-ring (bicyclic) bond motifs is 1. The molecular formula is C19H19FN2O4. The number of hydrogen-bond acceptors (Lipinski definition) is 3. The first-order valence-corrected chi connectivity index (χ1v) is 8.50. The second kappa shape index (κ2) is 7.51. The number of aryl methyl sites for hydroxylation is 2. The molecule has 0 atom stereocenters. The largest absolute Gasteiger partial charge is 0.481 e. The molecule has 0 aliphatic heterocycles. The Balaban J connectivity index is 1.82. The van der Waals surface area contributed by atoms with Gasteiger partial charge in [-0.1, -0.05) is 12.5 Å². The number of H-pyrrole nitrogens is 1. The lowest BCUT2D eigenvalue weighted by Gasteiger charge is -2.10. The Kier molecular flexibility index (Phi) is 5.16. The number of nitrogens with one attached hydrogen (secondary N) is 2. The van der Waals surface area contributed by atoms with Gasteiger partial charge in [0.1, 0.15) is 11.4 Å². The number of carboxylic acids is 1. The molecule has 6 nitrogen and oxygen atoms in total. The molecular weight excluding hydrogens is 339 g/mol. The number of aromatic nitrogens is 1. The Morgan fingerprint density at radius 3 is 2.65 bits per heavy atom. The molecule has 0 saturated carbocycles. The van der Waals surface area contributed by atoms with E-state index >= 15 is 0 Å². The van der Waals surface area contributed by atoms with Gasteiger partial charge in [-0.25, -0.2) is 4.39 Å². The van der Waals surface area contributed by atoms with Crippen LogP contribution >= 0.6 is 0 Å². The van der Waals surface area contributed by atoms with Gasteiger partial charge in [0.15, 0.2) is 0 Å². The Morgan fingerprint density at radius 2 is 1.92 bits per heavy atom. The molecule has 0 spiro atoms. The van der Waals surface area contributed by atoms with E-state index in [1.54, 1.807) is 6.07 Å². The van der Waals surface area contributed by atoms with Crippen molar-refractivity contribution in [2.24, 2.45) is 0 Å². The van der Waals surface area contributed by atoms with E-state index in [0.717, 1.165) is 49.4 Å². The SMILES string of the molecule is O=C(O)Cc1ccc(NC(=O)c2cc3c([nH]c2=O)CCCCC3)cc1F. The molecule has 0 fully saturated rings. The van der Waals surface area contributed by atoms with Gasteiger partial charge in [0.25, 0.3) is 11.5 Å². The van der Waals surface area contributed by atoms with Crippen LogP contribution < -0.4 is 10.9 Å². The van der Waals surface area contributed by atoms with Gasteiger partial charge in [0.2, 0.25) is 0 Å². The summed E-state index contributed by atoms with van der Waals surface area (Å²) in [4.78, 5) is 38.1. The van der Waals surface area contributed by atoms with E-state index < -0.39 is 29.7 Å².